The van der Waals surface area contributed by atoms with Crippen molar-refractivity contribution in [3.05, 3.63) is 71.8 Å². The molecule has 0 spiro atoms. The highest BCUT2D eigenvalue weighted by Crippen LogP contribution is 2.15. The number of hydrogen-bond donors (Lipinski definition) is 1. The van der Waals surface area contributed by atoms with Crippen molar-refractivity contribution in [2.45, 2.75) is 0 Å². The average molecular weight is 268 g/mol. The quantitative estimate of drug-likeness (QED) is 0.683. The molecule has 0 bridgehead atoms. The lowest BCUT2D eigenvalue weighted by atomic mass is 10.1. The van der Waals surface area contributed by atoms with Crippen molar-refractivity contribution >= 4 is 18.0 Å². The molecular formula is C16H12O4. The minimum atomic E-state index is -1.03. The summed E-state index contributed by atoms with van der Waals surface area (Å²) in [5, 5.41) is 8.77. The second-order valence-corrected chi connectivity index (χ2v) is 4.05. The molecule has 100 valence electrons. The smallest absolute Gasteiger partial charge is 0.343 e. The Morgan fingerprint density at radius 1 is 0.950 bits per heavy atom. The molecule has 0 fully saturated rings. The van der Waals surface area contributed by atoms with E-state index in [1.54, 1.807) is 30.3 Å². The van der Waals surface area contributed by atoms with Crippen molar-refractivity contribution < 1.29 is 19.4 Å². The summed E-state index contributed by atoms with van der Waals surface area (Å²) in [5.41, 5.74) is 1.46. The van der Waals surface area contributed by atoms with Gasteiger partial charge in [0.1, 0.15) is 5.75 Å². The van der Waals surface area contributed by atoms with Gasteiger partial charge in [0, 0.05) is 0 Å². The third-order valence-electron chi connectivity index (χ3n) is 2.69. The van der Waals surface area contributed by atoms with Crippen molar-refractivity contribution in [1.29, 1.82) is 0 Å². The van der Waals surface area contributed by atoms with Gasteiger partial charge in [-0.25, -0.2) is 9.59 Å². The predicted molar refractivity (Wildman–Crippen MR) is 74.9 cm³/mol. The molecule has 0 saturated heterocycles. The molecule has 0 aliphatic heterocycles. The lowest BCUT2D eigenvalue weighted by Crippen LogP contribution is -2.08. The first-order valence-corrected chi connectivity index (χ1v) is 5.88. The summed E-state index contributed by atoms with van der Waals surface area (Å²) in [5.74, 6) is -1.22. The van der Waals surface area contributed by atoms with Gasteiger partial charge in [-0.3, -0.25) is 0 Å². The molecule has 2 aromatic rings. The normalized spacial score (nSPS) is 9.80. The predicted octanol–water partition coefficient (Wildman–Crippen LogP) is 3.25. The Morgan fingerprint density at radius 2 is 1.50 bits per heavy atom. The summed E-state index contributed by atoms with van der Waals surface area (Å²) < 4.78 is 5.15. The van der Waals surface area contributed by atoms with Crippen LogP contribution >= 0.6 is 0 Å². The van der Waals surface area contributed by atoms with Crippen LogP contribution in [0.15, 0.2) is 55.1 Å². The van der Waals surface area contributed by atoms with Gasteiger partial charge in [0.25, 0.3) is 0 Å². The van der Waals surface area contributed by atoms with Crippen LogP contribution in [-0.2, 0) is 0 Å². The Hall–Kier alpha value is -2.88. The molecule has 2 aromatic carbocycles. The van der Waals surface area contributed by atoms with E-state index >= 15 is 0 Å². The monoisotopic (exact) mass is 268 g/mol. The fourth-order valence-corrected chi connectivity index (χ4v) is 1.59. The second-order valence-electron chi connectivity index (χ2n) is 4.05. The van der Waals surface area contributed by atoms with Gasteiger partial charge in [-0.1, -0.05) is 24.8 Å². The first kappa shape index (κ1) is 13.5. The number of carboxylic acid groups (broad SMARTS) is 1. The molecular weight excluding hydrogens is 256 g/mol. The van der Waals surface area contributed by atoms with Crippen LogP contribution in [0, 0.1) is 0 Å². The van der Waals surface area contributed by atoms with Crippen molar-refractivity contribution in [3.63, 3.8) is 0 Å². The molecule has 1 N–H and O–H groups in total. The highest BCUT2D eigenvalue weighted by atomic mass is 16.5. The third kappa shape index (κ3) is 3.11. The van der Waals surface area contributed by atoms with Crippen LogP contribution in [0.5, 0.6) is 5.75 Å². The number of hydrogen-bond acceptors (Lipinski definition) is 3. The molecule has 0 amide bonds. The second kappa shape index (κ2) is 5.84. The van der Waals surface area contributed by atoms with E-state index in [4.69, 9.17) is 9.84 Å². The zero-order valence-corrected chi connectivity index (χ0v) is 10.6. The van der Waals surface area contributed by atoms with E-state index in [0.29, 0.717) is 11.3 Å². The van der Waals surface area contributed by atoms with Crippen molar-refractivity contribution in [2.75, 3.05) is 0 Å². The summed E-state index contributed by atoms with van der Waals surface area (Å²) in [6, 6.07) is 12.5. The van der Waals surface area contributed by atoms with Gasteiger partial charge in [-0.2, -0.15) is 0 Å². The fraction of sp³-hybridized carbons (Fsp3) is 0. The Morgan fingerprint density at radius 3 is 2.00 bits per heavy atom. The van der Waals surface area contributed by atoms with Gasteiger partial charge in [-0.15, -0.1) is 0 Å². The summed E-state index contributed by atoms with van der Waals surface area (Å²) in [4.78, 5) is 22.6. The number of aromatic carboxylic acids is 1. The molecule has 0 unspecified atom stereocenters. The molecule has 0 heterocycles. The van der Waals surface area contributed by atoms with Crippen LogP contribution in [0.4, 0.5) is 0 Å². The maximum absolute atomic E-state index is 11.9. The zero-order valence-electron chi connectivity index (χ0n) is 10.6. The van der Waals surface area contributed by atoms with Crippen molar-refractivity contribution in [2.24, 2.45) is 0 Å². The highest BCUT2D eigenvalue weighted by Gasteiger charge is 2.09. The molecule has 0 aromatic heterocycles. The Labute approximate surface area is 115 Å². The molecule has 0 atom stereocenters. The molecule has 0 aliphatic carbocycles. The standard InChI is InChI=1S/C16H12O4/c1-2-11-3-5-13(6-4-11)16(19)20-14-9-7-12(8-10-14)15(17)18/h2-10H,1H2,(H,17,18). The molecule has 0 aliphatic rings. The maximum atomic E-state index is 11.9. The fourth-order valence-electron chi connectivity index (χ4n) is 1.59. The topological polar surface area (TPSA) is 63.6 Å². The summed E-state index contributed by atoms with van der Waals surface area (Å²) in [6.07, 6.45) is 1.68. The number of carboxylic acids is 1. The molecule has 2 rings (SSSR count). The first-order valence-electron chi connectivity index (χ1n) is 5.88. The summed E-state index contributed by atoms with van der Waals surface area (Å²) >= 11 is 0. The van der Waals surface area contributed by atoms with Gasteiger partial charge in [0.05, 0.1) is 11.1 Å². The summed E-state index contributed by atoms with van der Waals surface area (Å²) in [6.45, 7) is 3.63. The Kier molecular flexibility index (Phi) is 3.96. The number of carbonyl (C=O) groups is 2. The van der Waals surface area contributed by atoms with Gasteiger partial charge in [0.15, 0.2) is 0 Å². The number of benzene rings is 2. The van der Waals surface area contributed by atoms with E-state index in [1.165, 1.54) is 24.3 Å². The lowest BCUT2D eigenvalue weighted by molar-refractivity contribution is 0.0696. The van der Waals surface area contributed by atoms with Gasteiger partial charge in [0.2, 0.25) is 0 Å². The Balaban J connectivity index is 2.10. The van der Waals surface area contributed by atoms with Crippen LogP contribution in [0.25, 0.3) is 6.08 Å². The molecule has 0 saturated carbocycles. The third-order valence-corrected chi connectivity index (χ3v) is 2.69. The van der Waals surface area contributed by atoms with Gasteiger partial charge < -0.3 is 9.84 Å². The highest BCUT2D eigenvalue weighted by molar-refractivity contribution is 5.91. The largest absolute Gasteiger partial charge is 0.478 e. The molecule has 20 heavy (non-hydrogen) atoms. The maximum Gasteiger partial charge on any atom is 0.343 e. The van der Waals surface area contributed by atoms with E-state index in [2.05, 4.69) is 6.58 Å². The first-order chi connectivity index (χ1) is 9.60. The minimum Gasteiger partial charge on any atom is -0.478 e. The average Bonchev–Trinajstić information content (AvgIpc) is 2.48. The van der Waals surface area contributed by atoms with Crippen LogP contribution < -0.4 is 4.74 Å². The lowest BCUT2D eigenvalue weighted by Gasteiger charge is -2.05. The van der Waals surface area contributed by atoms with Crippen LogP contribution in [-0.4, -0.2) is 17.0 Å². The van der Waals surface area contributed by atoms with Crippen LogP contribution in [0.2, 0.25) is 0 Å². The number of ether oxygens (including phenoxy) is 1. The molecule has 4 nitrogen and oxygen atoms in total. The molecule has 0 radical (unpaired) electrons. The number of esters is 1. The number of carbonyl (C=O) groups excluding carboxylic acids is 1. The summed E-state index contributed by atoms with van der Waals surface area (Å²) in [7, 11) is 0. The van der Waals surface area contributed by atoms with E-state index in [9.17, 15) is 9.59 Å². The SMILES string of the molecule is C=Cc1ccc(C(=O)Oc2ccc(C(=O)O)cc2)cc1. The van der Waals surface area contributed by atoms with E-state index in [-0.39, 0.29) is 5.56 Å². The van der Waals surface area contributed by atoms with Crippen LogP contribution in [0.1, 0.15) is 26.3 Å². The molecule has 4 heteroatoms. The van der Waals surface area contributed by atoms with Crippen molar-refractivity contribution in [3.8, 4) is 5.75 Å². The minimum absolute atomic E-state index is 0.139. The Bertz CT molecular complexity index is 639. The zero-order chi connectivity index (χ0) is 14.5. The van der Waals surface area contributed by atoms with Crippen molar-refractivity contribution in [1.82, 2.24) is 0 Å². The van der Waals surface area contributed by atoms with Crippen LogP contribution in [0.3, 0.4) is 0 Å². The number of rotatable bonds is 4. The van der Waals surface area contributed by atoms with Gasteiger partial charge in [-0.05, 0) is 42.0 Å². The van der Waals surface area contributed by atoms with E-state index < -0.39 is 11.9 Å². The van der Waals surface area contributed by atoms with Gasteiger partial charge >= 0.3 is 11.9 Å². The van der Waals surface area contributed by atoms with E-state index in [1.807, 2.05) is 0 Å². The van der Waals surface area contributed by atoms with E-state index in [0.717, 1.165) is 5.56 Å².